The van der Waals surface area contributed by atoms with Gasteiger partial charge in [-0.05, 0) is 87.7 Å². The van der Waals surface area contributed by atoms with Crippen molar-refractivity contribution in [3.63, 3.8) is 0 Å². The highest BCUT2D eigenvalue weighted by atomic mass is 35.5. The lowest BCUT2D eigenvalue weighted by Gasteiger charge is -2.31. The molecular weight excluding hydrogens is 412 g/mol. The molecule has 30 heavy (non-hydrogen) atoms. The molecule has 2 aliphatic rings. The Morgan fingerprint density at radius 1 is 1.17 bits per heavy atom. The number of pyridine rings is 1. The van der Waals surface area contributed by atoms with Crippen LogP contribution in [0.15, 0.2) is 24.4 Å². The summed E-state index contributed by atoms with van der Waals surface area (Å²) < 4.78 is 5.40. The van der Waals surface area contributed by atoms with Crippen molar-refractivity contribution in [2.45, 2.75) is 63.0 Å². The third-order valence-corrected chi connectivity index (χ3v) is 8.40. The van der Waals surface area contributed by atoms with Gasteiger partial charge < -0.3 is 9.64 Å². The zero-order valence-electron chi connectivity index (χ0n) is 18.2. The lowest BCUT2D eigenvalue weighted by atomic mass is 9.90. The summed E-state index contributed by atoms with van der Waals surface area (Å²) in [6.07, 6.45) is 13.5. The molecule has 5 heteroatoms. The summed E-state index contributed by atoms with van der Waals surface area (Å²) in [6.45, 7) is 3.77. The van der Waals surface area contributed by atoms with E-state index < -0.39 is 0 Å². The summed E-state index contributed by atoms with van der Waals surface area (Å²) in [5.41, 5.74) is 2.20. The van der Waals surface area contributed by atoms with E-state index in [2.05, 4.69) is 27.7 Å². The minimum Gasteiger partial charge on any atom is -0.497 e. The van der Waals surface area contributed by atoms with Gasteiger partial charge in [-0.25, -0.2) is 0 Å². The monoisotopic (exact) mass is 445 g/mol. The molecule has 163 valence electrons. The lowest BCUT2D eigenvalue weighted by molar-refractivity contribution is 0.249. The number of fused-ring (bicyclic) bond motifs is 1. The smallest absolute Gasteiger partial charge is 0.119 e. The van der Waals surface area contributed by atoms with E-state index in [9.17, 15) is 0 Å². The Balaban J connectivity index is 1.21. The van der Waals surface area contributed by atoms with Crippen molar-refractivity contribution in [3.05, 3.63) is 40.9 Å². The number of halogens is 1. The van der Waals surface area contributed by atoms with Crippen LogP contribution < -0.4 is 4.74 Å². The Morgan fingerprint density at radius 2 is 1.97 bits per heavy atom. The van der Waals surface area contributed by atoms with Gasteiger partial charge in [-0.1, -0.05) is 24.4 Å². The number of hydrogen-bond acceptors (Lipinski definition) is 4. The molecule has 2 fully saturated rings. The molecule has 1 aromatic carbocycles. The molecule has 2 aromatic rings. The van der Waals surface area contributed by atoms with Crippen LogP contribution >= 0.6 is 23.4 Å². The molecule has 0 spiro atoms. The van der Waals surface area contributed by atoms with Crippen LogP contribution in [-0.2, 0) is 6.42 Å². The van der Waals surface area contributed by atoms with E-state index in [1.54, 1.807) is 19.2 Å². The lowest BCUT2D eigenvalue weighted by Crippen LogP contribution is -2.34. The fourth-order valence-corrected chi connectivity index (χ4v) is 6.45. The van der Waals surface area contributed by atoms with E-state index >= 15 is 0 Å². The standard InChI is InChI=1S/C25H34ClN2OS/c1-29-20-9-10-25-23(17-20)22(24(26)18-27-25)8-4-5-19-11-13-28(14-12-19)15-16-30-21-6-2-3-7-21/h9-10,17-18,21H,2-8,11-16H2,1H3. The van der Waals surface area contributed by atoms with Crippen molar-refractivity contribution in [1.29, 1.82) is 0 Å². The molecule has 1 radical (unpaired) electrons. The van der Waals surface area contributed by atoms with E-state index in [4.69, 9.17) is 16.3 Å². The number of nitrogens with zero attached hydrogens (tertiary/aromatic N) is 2. The van der Waals surface area contributed by atoms with Crippen LogP contribution in [0.4, 0.5) is 0 Å². The zero-order valence-corrected chi connectivity index (χ0v) is 19.7. The number of aryl methyl sites for hydroxylation is 1. The molecule has 0 bridgehead atoms. The Labute approximate surface area is 190 Å². The molecule has 0 unspecified atom stereocenters. The Bertz CT molecular complexity index is 816. The van der Waals surface area contributed by atoms with Crippen molar-refractivity contribution < 1.29 is 4.74 Å². The zero-order chi connectivity index (χ0) is 20.8. The van der Waals surface area contributed by atoms with Gasteiger partial charge in [0.2, 0.25) is 0 Å². The molecule has 1 aliphatic heterocycles. The van der Waals surface area contributed by atoms with E-state index in [0.717, 1.165) is 39.8 Å². The highest BCUT2D eigenvalue weighted by molar-refractivity contribution is 7.99. The Kier molecular flexibility index (Phi) is 8.20. The Hall–Kier alpha value is -0.970. The minimum atomic E-state index is 0.773. The fourth-order valence-electron chi connectivity index (χ4n) is 4.84. The van der Waals surface area contributed by atoms with Crippen molar-refractivity contribution >= 4 is 34.3 Å². The van der Waals surface area contributed by atoms with Crippen LogP contribution in [0.3, 0.4) is 0 Å². The van der Waals surface area contributed by atoms with Gasteiger partial charge in [0.25, 0.3) is 0 Å². The highest BCUT2D eigenvalue weighted by Crippen LogP contribution is 2.32. The second-order valence-corrected chi connectivity index (χ2v) is 10.5. The number of piperidine rings is 1. The molecule has 1 aliphatic carbocycles. The maximum Gasteiger partial charge on any atom is 0.119 e. The van der Waals surface area contributed by atoms with Gasteiger partial charge >= 0.3 is 0 Å². The van der Waals surface area contributed by atoms with Crippen molar-refractivity contribution in [2.24, 2.45) is 0 Å². The predicted molar refractivity (Wildman–Crippen MR) is 130 cm³/mol. The van der Waals surface area contributed by atoms with Gasteiger partial charge in [0.05, 0.1) is 17.6 Å². The molecule has 2 heterocycles. The molecule has 0 atom stereocenters. The van der Waals surface area contributed by atoms with E-state index in [1.165, 1.54) is 75.9 Å². The first-order chi connectivity index (χ1) is 14.7. The van der Waals surface area contributed by atoms with Crippen LogP contribution in [0.25, 0.3) is 10.9 Å². The van der Waals surface area contributed by atoms with Crippen molar-refractivity contribution in [2.75, 3.05) is 32.5 Å². The normalized spacial score (nSPS) is 19.0. The van der Waals surface area contributed by atoms with Crippen LogP contribution in [0, 0.1) is 5.92 Å². The third kappa shape index (κ3) is 5.83. The van der Waals surface area contributed by atoms with Crippen LogP contribution in [-0.4, -0.2) is 47.6 Å². The van der Waals surface area contributed by atoms with Gasteiger partial charge in [0.1, 0.15) is 5.75 Å². The van der Waals surface area contributed by atoms with Crippen LogP contribution in [0.2, 0.25) is 5.02 Å². The number of methoxy groups -OCH3 is 1. The molecule has 0 amide bonds. The number of likely N-dealkylation sites (tertiary alicyclic amines) is 1. The van der Waals surface area contributed by atoms with Gasteiger partial charge in [-0.2, -0.15) is 11.8 Å². The first-order valence-corrected chi connectivity index (χ1v) is 12.9. The highest BCUT2D eigenvalue weighted by Gasteiger charge is 2.21. The van der Waals surface area contributed by atoms with Crippen molar-refractivity contribution in [1.82, 2.24) is 9.88 Å². The average molecular weight is 446 g/mol. The molecule has 0 N–H and O–H groups in total. The molecular formula is C25H34ClN2OS. The second-order valence-electron chi connectivity index (χ2n) is 8.69. The van der Waals surface area contributed by atoms with E-state index in [-0.39, 0.29) is 0 Å². The number of ether oxygens (including phenoxy) is 1. The summed E-state index contributed by atoms with van der Waals surface area (Å²) in [5.74, 6) is 3.92. The first-order valence-electron chi connectivity index (χ1n) is 11.5. The predicted octanol–water partition coefficient (Wildman–Crippen LogP) is 6.57. The number of rotatable bonds is 9. The average Bonchev–Trinajstić information content (AvgIpc) is 3.29. The van der Waals surface area contributed by atoms with E-state index in [0.29, 0.717) is 0 Å². The number of benzene rings is 1. The number of hydrogen-bond donors (Lipinski definition) is 0. The summed E-state index contributed by atoms with van der Waals surface area (Å²) in [5, 5.41) is 2.85. The molecule has 1 aromatic heterocycles. The SMILES string of the molecule is COc1ccc2ncc(Cl)c(CCC[C]3CCN(CCSC4CCCC4)CC3)c2c1. The quantitative estimate of drug-likeness (QED) is 0.436. The maximum atomic E-state index is 6.52. The molecule has 1 saturated carbocycles. The fraction of sp³-hybridized carbons (Fsp3) is 0.600. The molecule has 1 saturated heterocycles. The summed E-state index contributed by atoms with van der Waals surface area (Å²) in [6, 6.07) is 6.05. The van der Waals surface area contributed by atoms with Gasteiger partial charge in [-0.15, -0.1) is 0 Å². The van der Waals surface area contributed by atoms with Crippen LogP contribution in [0.1, 0.15) is 56.9 Å². The molecule has 3 nitrogen and oxygen atoms in total. The van der Waals surface area contributed by atoms with Gasteiger partial charge in [0.15, 0.2) is 0 Å². The number of thioether (sulfide) groups is 1. The first kappa shape index (κ1) is 22.2. The number of aromatic nitrogens is 1. The van der Waals surface area contributed by atoms with Crippen molar-refractivity contribution in [3.8, 4) is 5.75 Å². The Morgan fingerprint density at radius 3 is 2.73 bits per heavy atom. The van der Waals surface area contributed by atoms with Gasteiger partial charge in [-0.3, -0.25) is 4.98 Å². The molecule has 4 rings (SSSR count). The summed E-state index contributed by atoms with van der Waals surface area (Å²) in [7, 11) is 1.70. The van der Waals surface area contributed by atoms with Gasteiger partial charge in [0, 0.05) is 29.1 Å². The maximum absolute atomic E-state index is 6.52. The minimum absolute atomic E-state index is 0.773. The topological polar surface area (TPSA) is 25.4 Å². The largest absolute Gasteiger partial charge is 0.497 e. The summed E-state index contributed by atoms with van der Waals surface area (Å²) in [4.78, 5) is 7.14. The second kappa shape index (κ2) is 11.1. The van der Waals surface area contributed by atoms with E-state index in [1.807, 2.05) is 12.1 Å². The third-order valence-electron chi connectivity index (χ3n) is 6.72. The summed E-state index contributed by atoms with van der Waals surface area (Å²) >= 11 is 8.74. The van der Waals surface area contributed by atoms with Crippen LogP contribution in [0.5, 0.6) is 5.75 Å².